The lowest BCUT2D eigenvalue weighted by atomic mass is 10.0. The molecule has 0 aromatic heterocycles. The highest BCUT2D eigenvalue weighted by Gasteiger charge is 2.31. The van der Waals surface area contributed by atoms with Crippen LogP contribution in [0.25, 0.3) is 0 Å². The first-order valence-electron chi connectivity index (χ1n) is 4.69. The largest absolute Gasteiger partial charge is 0.573 e. The summed E-state index contributed by atoms with van der Waals surface area (Å²) in [5, 5.41) is 0. The van der Waals surface area contributed by atoms with Gasteiger partial charge < -0.3 is 4.74 Å². The van der Waals surface area contributed by atoms with E-state index in [1.165, 1.54) is 12.1 Å². The molecule has 0 saturated carbocycles. The Balaban J connectivity index is 2.91. The van der Waals surface area contributed by atoms with Crippen LogP contribution in [0.15, 0.2) is 24.3 Å². The first kappa shape index (κ1) is 12.5. The van der Waals surface area contributed by atoms with Crippen molar-refractivity contribution in [2.45, 2.75) is 20.2 Å². The van der Waals surface area contributed by atoms with Gasteiger partial charge in [0.1, 0.15) is 5.75 Å². The van der Waals surface area contributed by atoms with E-state index in [4.69, 9.17) is 0 Å². The van der Waals surface area contributed by atoms with E-state index in [1.54, 1.807) is 13.8 Å². The first-order chi connectivity index (χ1) is 7.29. The molecule has 0 fully saturated rings. The topological polar surface area (TPSA) is 26.3 Å². The summed E-state index contributed by atoms with van der Waals surface area (Å²) in [5.74, 6) is -0.854. The molecule has 0 aliphatic heterocycles. The number of alkyl halides is 3. The molecule has 0 unspecified atom stereocenters. The molecule has 2 nitrogen and oxygen atoms in total. The molecule has 0 saturated heterocycles. The smallest absolute Gasteiger partial charge is 0.406 e. The van der Waals surface area contributed by atoms with Gasteiger partial charge in [0.05, 0.1) is 0 Å². The molecule has 0 atom stereocenters. The van der Waals surface area contributed by atoms with Crippen molar-refractivity contribution in [3.8, 4) is 5.75 Å². The number of rotatable bonds is 3. The van der Waals surface area contributed by atoms with Crippen LogP contribution in [-0.2, 0) is 0 Å². The predicted octanol–water partition coefficient (Wildman–Crippen LogP) is 3.42. The highest BCUT2D eigenvalue weighted by molar-refractivity contribution is 5.97. The van der Waals surface area contributed by atoms with Crippen molar-refractivity contribution in [3.05, 3.63) is 29.8 Å². The Kier molecular flexibility index (Phi) is 3.57. The number of carbonyl (C=O) groups excluding carboxylic acids is 1. The van der Waals surface area contributed by atoms with E-state index in [1.807, 2.05) is 0 Å². The Morgan fingerprint density at radius 1 is 1.31 bits per heavy atom. The molecule has 0 aliphatic rings. The molecule has 0 aliphatic carbocycles. The van der Waals surface area contributed by atoms with Crippen molar-refractivity contribution in [3.63, 3.8) is 0 Å². The molecule has 0 amide bonds. The van der Waals surface area contributed by atoms with Crippen molar-refractivity contribution in [1.29, 1.82) is 0 Å². The Labute approximate surface area is 91.0 Å². The zero-order valence-corrected chi connectivity index (χ0v) is 8.84. The summed E-state index contributed by atoms with van der Waals surface area (Å²) in [6.45, 7) is 3.36. The zero-order valence-electron chi connectivity index (χ0n) is 8.84. The van der Waals surface area contributed by atoms with Gasteiger partial charge >= 0.3 is 6.36 Å². The molecule has 1 rings (SSSR count). The van der Waals surface area contributed by atoms with Crippen LogP contribution >= 0.6 is 0 Å². The number of hydrogen-bond donors (Lipinski definition) is 0. The van der Waals surface area contributed by atoms with Crippen molar-refractivity contribution in [1.82, 2.24) is 0 Å². The lowest BCUT2D eigenvalue weighted by Gasteiger charge is -2.10. The fourth-order valence-electron chi connectivity index (χ4n) is 1.18. The van der Waals surface area contributed by atoms with Crippen LogP contribution in [0.5, 0.6) is 5.75 Å². The fourth-order valence-corrected chi connectivity index (χ4v) is 1.18. The molecular formula is C11H11F3O2. The second kappa shape index (κ2) is 4.55. The van der Waals surface area contributed by atoms with Gasteiger partial charge in [-0.15, -0.1) is 13.2 Å². The lowest BCUT2D eigenvalue weighted by Crippen LogP contribution is -2.17. The SMILES string of the molecule is CC(C)C(=O)c1cccc(OC(F)(F)F)c1. The van der Waals surface area contributed by atoms with Crippen LogP contribution in [0.4, 0.5) is 13.2 Å². The second-order valence-corrected chi connectivity index (χ2v) is 3.59. The molecule has 1 aromatic carbocycles. The maximum absolute atomic E-state index is 11.9. The van der Waals surface area contributed by atoms with Gasteiger partial charge in [-0.1, -0.05) is 26.0 Å². The van der Waals surface area contributed by atoms with E-state index in [2.05, 4.69) is 4.74 Å². The number of halogens is 3. The average Bonchev–Trinajstić information content (AvgIpc) is 2.14. The Morgan fingerprint density at radius 2 is 1.94 bits per heavy atom. The summed E-state index contributed by atoms with van der Waals surface area (Å²) in [5.41, 5.74) is 0.219. The first-order valence-corrected chi connectivity index (χ1v) is 4.69. The van der Waals surface area contributed by atoms with Crippen LogP contribution < -0.4 is 4.74 Å². The monoisotopic (exact) mass is 232 g/mol. The highest BCUT2D eigenvalue weighted by Crippen LogP contribution is 2.24. The van der Waals surface area contributed by atoms with Crippen LogP contribution in [0.3, 0.4) is 0 Å². The highest BCUT2D eigenvalue weighted by atomic mass is 19.4. The van der Waals surface area contributed by atoms with Crippen LogP contribution in [0, 0.1) is 5.92 Å². The molecule has 0 N–H and O–H groups in total. The van der Waals surface area contributed by atoms with Gasteiger partial charge in [-0.3, -0.25) is 4.79 Å². The summed E-state index contributed by atoms with van der Waals surface area (Å²) >= 11 is 0. The maximum Gasteiger partial charge on any atom is 0.573 e. The Morgan fingerprint density at radius 3 is 2.44 bits per heavy atom. The van der Waals surface area contributed by atoms with Gasteiger partial charge in [0.25, 0.3) is 0 Å². The quantitative estimate of drug-likeness (QED) is 0.746. The molecule has 0 bridgehead atoms. The third-order valence-electron chi connectivity index (χ3n) is 1.88. The van der Waals surface area contributed by atoms with Crippen molar-refractivity contribution in [2.24, 2.45) is 5.92 Å². The molecule has 5 heteroatoms. The molecule has 1 aromatic rings. The number of Topliss-reactive ketones (excluding diaryl/α,β-unsaturated/α-hetero) is 1. The molecule has 0 heterocycles. The van der Waals surface area contributed by atoms with E-state index in [0.29, 0.717) is 0 Å². The molecule has 0 radical (unpaired) electrons. The fraction of sp³-hybridized carbons (Fsp3) is 0.364. The molecule has 0 spiro atoms. The van der Waals surface area contributed by atoms with Crippen LogP contribution in [0.2, 0.25) is 0 Å². The van der Waals surface area contributed by atoms with Gasteiger partial charge in [-0.05, 0) is 12.1 Å². The number of ketones is 1. The molecular weight excluding hydrogens is 221 g/mol. The van der Waals surface area contributed by atoms with E-state index in [9.17, 15) is 18.0 Å². The average molecular weight is 232 g/mol. The Hall–Kier alpha value is -1.52. The normalized spacial score (nSPS) is 11.6. The van der Waals surface area contributed by atoms with Gasteiger partial charge in [-0.2, -0.15) is 0 Å². The van der Waals surface area contributed by atoms with Gasteiger partial charge in [0.2, 0.25) is 0 Å². The van der Waals surface area contributed by atoms with Crippen LogP contribution in [-0.4, -0.2) is 12.1 Å². The molecule has 16 heavy (non-hydrogen) atoms. The number of benzene rings is 1. The van der Waals surface area contributed by atoms with E-state index >= 15 is 0 Å². The van der Waals surface area contributed by atoms with Crippen molar-refractivity contribution in [2.75, 3.05) is 0 Å². The lowest BCUT2D eigenvalue weighted by molar-refractivity contribution is -0.274. The predicted molar refractivity (Wildman–Crippen MR) is 52.3 cm³/mol. The third-order valence-corrected chi connectivity index (χ3v) is 1.88. The third kappa shape index (κ3) is 3.56. The summed E-state index contributed by atoms with van der Waals surface area (Å²) in [4.78, 5) is 11.5. The maximum atomic E-state index is 11.9. The minimum Gasteiger partial charge on any atom is -0.406 e. The van der Waals surface area contributed by atoms with E-state index < -0.39 is 6.36 Å². The number of carbonyl (C=O) groups is 1. The summed E-state index contributed by atoms with van der Waals surface area (Å²) in [6, 6.07) is 5.07. The minimum absolute atomic E-state index is 0.215. The van der Waals surface area contributed by atoms with Crippen molar-refractivity contribution >= 4 is 5.78 Å². The molecule has 88 valence electrons. The standard InChI is InChI=1S/C11H11F3O2/c1-7(2)10(15)8-4-3-5-9(6-8)16-11(12,13)14/h3-7H,1-2H3. The zero-order chi connectivity index (χ0) is 12.3. The van der Waals surface area contributed by atoms with Crippen molar-refractivity contribution < 1.29 is 22.7 Å². The van der Waals surface area contributed by atoms with Gasteiger partial charge in [0, 0.05) is 11.5 Å². The van der Waals surface area contributed by atoms with Gasteiger partial charge in [0.15, 0.2) is 5.78 Å². The second-order valence-electron chi connectivity index (χ2n) is 3.59. The summed E-state index contributed by atoms with van der Waals surface area (Å²) < 4.78 is 39.5. The Bertz CT molecular complexity index is 383. The van der Waals surface area contributed by atoms with Gasteiger partial charge in [-0.25, -0.2) is 0 Å². The number of ether oxygens (including phenoxy) is 1. The van der Waals surface area contributed by atoms with E-state index in [-0.39, 0.29) is 23.0 Å². The minimum atomic E-state index is -4.74. The van der Waals surface area contributed by atoms with E-state index in [0.717, 1.165) is 12.1 Å². The summed E-state index contributed by atoms with van der Waals surface area (Å²) in [6.07, 6.45) is -4.74. The van der Waals surface area contributed by atoms with Crippen LogP contribution in [0.1, 0.15) is 24.2 Å². The summed E-state index contributed by atoms with van der Waals surface area (Å²) in [7, 11) is 0. The number of hydrogen-bond acceptors (Lipinski definition) is 2.